The van der Waals surface area contributed by atoms with E-state index in [2.05, 4.69) is 16.9 Å². The van der Waals surface area contributed by atoms with Gasteiger partial charge in [-0.2, -0.15) is 10.2 Å². The van der Waals surface area contributed by atoms with Crippen LogP contribution in [0.3, 0.4) is 0 Å². The Labute approximate surface area is 48.1 Å². The smallest absolute Gasteiger partial charge is 0.175 e. The van der Waals surface area contributed by atoms with Crippen molar-refractivity contribution in [2.45, 2.75) is 13.8 Å². The molecule has 0 saturated carbocycles. The summed E-state index contributed by atoms with van der Waals surface area (Å²) in [5.41, 5.74) is 0.389. The lowest BCUT2D eigenvalue weighted by Gasteiger charge is -1.84. The van der Waals surface area contributed by atoms with E-state index in [9.17, 15) is 4.79 Å². The van der Waals surface area contributed by atoms with Crippen LogP contribution in [0.2, 0.25) is 0 Å². The summed E-state index contributed by atoms with van der Waals surface area (Å²) in [6.45, 7) is 6.12. The molecule has 0 radical (unpaired) electrons. The zero-order valence-electron chi connectivity index (χ0n) is 5.01. The van der Waals surface area contributed by atoms with Gasteiger partial charge < -0.3 is 0 Å². The summed E-state index contributed by atoms with van der Waals surface area (Å²) in [4.78, 5) is 10.3. The molecule has 0 atom stereocenters. The highest BCUT2D eigenvalue weighted by Crippen LogP contribution is 1.78. The van der Waals surface area contributed by atoms with Crippen LogP contribution < -0.4 is 0 Å². The first-order valence-corrected chi connectivity index (χ1v) is 2.19. The minimum atomic E-state index is -0.0719. The van der Waals surface area contributed by atoms with Crippen LogP contribution in [-0.2, 0) is 4.79 Å². The average molecular weight is 112 g/mol. The predicted molar refractivity (Wildman–Crippen MR) is 33.3 cm³/mol. The maximum atomic E-state index is 10.3. The van der Waals surface area contributed by atoms with Gasteiger partial charge in [0.15, 0.2) is 5.78 Å². The van der Waals surface area contributed by atoms with Crippen LogP contribution in [0.25, 0.3) is 0 Å². The second kappa shape index (κ2) is 3.07. The topological polar surface area (TPSA) is 41.8 Å². The van der Waals surface area contributed by atoms with Crippen molar-refractivity contribution in [3.8, 4) is 0 Å². The van der Waals surface area contributed by atoms with Crippen molar-refractivity contribution < 1.29 is 4.79 Å². The first-order valence-electron chi connectivity index (χ1n) is 2.19. The first kappa shape index (κ1) is 7.01. The van der Waals surface area contributed by atoms with Crippen LogP contribution >= 0.6 is 0 Å². The second-order valence-corrected chi connectivity index (χ2v) is 1.38. The van der Waals surface area contributed by atoms with Gasteiger partial charge in [0, 0.05) is 13.6 Å². The highest BCUT2D eigenvalue weighted by molar-refractivity contribution is 6.37. The SMILES string of the molecule is C=NN=C(C)C(C)=O. The monoisotopic (exact) mass is 112 g/mol. The molecule has 0 aliphatic heterocycles. The largest absolute Gasteiger partial charge is 0.293 e. The molecule has 3 nitrogen and oxygen atoms in total. The van der Waals surface area contributed by atoms with E-state index in [0.717, 1.165) is 0 Å². The molecule has 0 N–H and O–H groups in total. The van der Waals surface area contributed by atoms with Crippen molar-refractivity contribution >= 4 is 18.2 Å². The van der Waals surface area contributed by atoms with Gasteiger partial charge >= 0.3 is 0 Å². The highest BCUT2D eigenvalue weighted by atomic mass is 16.1. The number of carbonyl (C=O) groups excluding carboxylic acids is 1. The molecule has 0 aliphatic rings. The fourth-order valence-electron chi connectivity index (χ4n) is 0.176. The molecule has 0 fully saturated rings. The van der Waals surface area contributed by atoms with Gasteiger partial charge in [0.25, 0.3) is 0 Å². The summed E-state index contributed by atoms with van der Waals surface area (Å²) < 4.78 is 0. The molecule has 0 aromatic rings. The van der Waals surface area contributed by atoms with Crippen molar-refractivity contribution in [2.75, 3.05) is 0 Å². The Hall–Kier alpha value is -0.990. The van der Waals surface area contributed by atoms with Crippen molar-refractivity contribution in [3.05, 3.63) is 0 Å². The third-order valence-electron chi connectivity index (χ3n) is 0.730. The Bertz CT molecular complexity index is 137. The van der Waals surface area contributed by atoms with E-state index in [4.69, 9.17) is 0 Å². The van der Waals surface area contributed by atoms with Crippen molar-refractivity contribution in [3.63, 3.8) is 0 Å². The van der Waals surface area contributed by atoms with Crippen molar-refractivity contribution in [1.29, 1.82) is 0 Å². The van der Waals surface area contributed by atoms with Crippen LogP contribution in [-0.4, -0.2) is 18.2 Å². The average Bonchev–Trinajstić information content (AvgIpc) is 1.67. The van der Waals surface area contributed by atoms with Crippen LogP contribution in [0.4, 0.5) is 0 Å². The number of carbonyl (C=O) groups is 1. The number of ketones is 1. The second-order valence-electron chi connectivity index (χ2n) is 1.38. The Morgan fingerprint density at radius 3 is 2.12 bits per heavy atom. The fraction of sp³-hybridized carbons (Fsp3) is 0.400. The quantitative estimate of drug-likeness (QED) is 0.382. The van der Waals surface area contributed by atoms with Crippen molar-refractivity contribution in [2.24, 2.45) is 10.2 Å². The number of hydrogen-bond donors (Lipinski definition) is 0. The van der Waals surface area contributed by atoms with Crippen LogP contribution in [0.5, 0.6) is 0 Å². The zero-order valence-corrected chi connectivity index (χ0v) is 5.01. The minimum absolute atomic E-state index is 0.0719. The summed E-state index contributed by atoms with van der Waals surface area (Å²) >= 11 is 0. The van der Waals surface area contributed by atoms with Crippen molar-refractivity contribution in [1.82, 2.24) is 0 Å². The molecule has 0 saturated heterocycles. The molecular weight excluding hydrogens is 104 g/mol. The van der Waals surface area contributed by atoms with E-state index < -0.39 is 0 Å². The Kier molecular flexibility index (Phi) is 2.69. The lowest BCUT2D eigenvalue weighted by Crippen LogP contribution is -2.02. The molecule has 0 bridgehead atoms. The Morgan fingerprint density at radius 1 is 1.50 bits per heavy atom. The Morgan fingerprint density at radius 2 is 2.00 bits per heavy atom. The molecule has 0 aromatic carbocycles. The van der Waals surface area contributed by atoms with Gasteiger partial charge in [0.2, 0.25) is 0 Å². The standard InChI is InChI=1S/C5H8N2O/c1-4(5(2)8)7-6-3/h3H2,1-2H3. The molecule has 0 aliphatic carbocycles. The molecule has 0 spiro atoms. The van der Waals surface area contributed by atoms with Gasteiger partial charge in [-0.1, -0.05) is 0 Å². The van der Waals surface area contributed by atoms with E-state index in [1.165, 1.54) is 6.92 Å². The number of nitrogens with zero attached hydrogens (tertiary/aromatic N) is 2. The lowest BCUT2D eigenvalue weighted by molar-refractivity contribution is -0.111. The number of Topliss-reactive ketones (excluding diaryl/α,β-unsaturated/α-hetero) is 1. The van der Waals surface area contributed by atoms with E-state index in [1.54, 1.807) is 6.92 Å². The van der Waals surface area contributed by atoms with Gasteiger partial charge in [-0.3, -0.25) is 4.79 Å². The van der Waals surface area contributed by atoms with Crippen LogP contribution in [0, 0.1) is 0 Å². The lowest BCUT2D eigenvalue weighted by atomic mass is 10.3. The third-order valence-corrected chi connectivity index (χ3v) is 0.730. The molecular formula is C5H8N2O. The predicted octanol–water partition coefficient (Wildman–Crippen LogP) is 0.652. The molecule has 0 rings (SSSR count). The van der Waals surface area contributed by atoms with Crippen LogP contribution in [0.15, 0.2) is 10.2 Å². The zero-order chi connectivity index (χ0) is 6.57. The molecule has 0 unspecified atom stereocenters. The maximum absolute atomic E-state index is 10.3. The van der Waals surface area contributed by atoms with Gasteiger partial charge in [0.1, 0.15) is 5.71 Å². The Balaban J connectivity index is 3.99. The summed E-state index contributed by atoms with van der Waals surface area (Å²) in [7, 11) is 0. The number of hydrogen-bond acceptors (Lipinski definition) is 3. The molecule has 0 aromatic heterocycles. The minimum Gasteiger partial charge on any atom is -0.293 e. The maximum Gasteiger partial charge on any atom is 0.175 e. The van der Waals surface area contributed by atoms with Gasteiger partial charge in [-0.25, -0.2) is 0 Å². The van der Waals surface area contributed by atoms with Gasteiger partial charge in [0.05, 0.1) is 0 Å². The molecule has 0 heterocycles. The molecule has 0 amide bonds. The van der Waals surface area contributed by atoms with Gasteiger partial charge in [-0.15, -0.1) is 0 Å². The van der Waals surface area contributed by atoms with E-state index in [0.29, 0.717) is 5.71 Å². The van der Waals surface area contributed by atoms with Crippen LogP contribution in [0.1, 0.15) is 13.8 Å². The summed E-state index contributed by atoms with van der Waals surface area (Å²) in [5.74, 6) is -0.0719. The number of rotatable bonds is 2. The molecule has 44 valence electrons. The normalized spacial score (nSPS) is 11.0. The van der Waals surface area contributed by atoms with E-state index >= 15 is 0 Å². The first-order chi connectivity index (χ1) is 3.68. The highest BCUT2D eigenvalue weighted by Gasteiger charge is 1.93. The third kappa shape index (κ3) is 2.23. The molecule has 8 heavy (non-hydrogen) atoms. The summed E-state index contributed by atoms with van der Waals surface area (Å²) in [6, 6.07) is 0. The summed E-state index contributed by atoms with van der Waals surface area (Å²) in [6.07, 6.45) is 0. The summed E-state index contributed by atoms with van der Waals surface area (Å²) in [5, 5.41) is 6.58. The van der Waals surface area contributed by atoms with Gasteiger partial charge in [-0.05, 0) is 6.92 Å². The van der Waals surface area contributed by atoms with E-state index in [1.807, 2.05) is 0 Å². The molecule has 3 heteroatoms. The van der Waals surface area contributed by atoms with E-state index in [-0.39, 0.29) is 5.78 Å². The fourth-order valence-corrected chi connectivity index (χ4v) is 0.176.